The Bertz CT molecular complexity index is 388. The number of hydrogen-bond donors (Lipinski definition) is 2. The average Bonchev–Trinajstić information content (AvgIpc) is 3.10. The van der Waals surface area contributed by atoms with E-state index in [-0.39, 0.29) is 5.82 Å². The molecule has 1 fully saturated rings. The van der Waals surface area contributed by atoms with Gasteiger partial charge in [-0.3, -0.25) is 0 Å². The van der Waals surface area contributed by atoms with Crippen molar-refractivity contribution in [1.82, 2.24) is 5.32 Å². The molecule has 0 spiro atoms. The number of nitrogens with one attached hydrogen (secondary N) is 2. The van der Waals surface area contributed by atoms with E-state index in [1.165, 1.54) is 18.9 Å². The predicted molar refractivity (Wildman–Crippen MR) is 63.3 cm³/mol. The summed E-state index contributed by atoms with van der Waals surface area (Å²) in [6.45, 7) is 1.98. The van der Waals surface area contributed by atoms with Crippen LogP contribution < -0.4 is 10.6 Å². The van der Waals surface area contributed by atoms with Crippen molar-refractivity contribution in [1.29, 1.82) is 0 Å². The lowest BCUT2D eigenvalue weighted by molar-refractivity contribution is 0.543. The second-order valence-corrected chi connectivity index (χ2v) is 4.83. The molecule has 1 unspecified atom stereocenters. The van der Waals surface area contributed by atoms with E-state index < -0.39 is 0 Å². The molecule has 86 valence electrons. The molecule has 0 amide bonds. The van der Waals surface area contributed by atoms with Gasteiger partial charge in [0.25, 0.3) is 0 Å². The van der Waals surface area contributed by atoms with E-state index in [0.29, 0.717) is 5.92 Å². The van der Waals surface area contributed by atoms with E-state index in [0.717, 1.165) is 36.8 Å². The molecule has 3 rings (SSSR count). The summed E-state index contributed by atoms with van der Waals surface area (Å²) in [5.41, 5.74) is 2.25. The molecule has 2 aliphatic rings. The molecule has 0 radical (unpaired) electrons. The molecule has 2 nitrogen and oxygen atoms in total. The maximum atomic E-state index is 13.2. The highest BCUT2D eigenvalue weighted by Gasteiger charge is 2.25. The predicted octanol–water partition coefficient (Wildman–Crippen LogP) is 2.48. The molecule has 0 aromatic heterocycles. The lowest BCUT2D eigenvalue weighted by atomic mass is 9.91. The molecule has 2 N–H and O–H groups in total. The molecule has 1 saturated carbocycles. The van der Waals surface area contributed by atoms with Gasteiger partial charge in [-0.05, 0) is 43.0 Å². The summed E-state index contributed by atoms with van der Waals surface area (Å²) < 4.78 is 13.2. The van der Waals surface area contributed by atoms with Gasteiger partial charge in [-0.15, -0.1) is 0 Å². The number of anilines is 1. The fourth-order valence-corrected chi connectivity index (χ4v) is 2.38. The third kappa shape index (κ3) is 2.05. The van der Waals surface area contributed by atoms with Crippen molar-refractivity contribution < 1.29 is 4.39 Å². The molecular weight excluding hydrogens is 203 g/mol. The minimum absolute atomic E-state index is 0.126. The van der Waals surface area contributed by atoms with Gasteiger partial charge in [0.1, 0.15) is 5.82 Å². The zero-order chi connectivity index (χ0) is 11.0. The van der Waals surface area contributed by atoms with Crippen LogP contribution in [0.15, 0.2) is 18.2 Å². The number of halogens is 1. The monoisotopic (exact) mass is 220 g/mol. The van der Waals surface area contributed by atoms with Crippen molar-refractivity contribution in [2.24, 2.45) is 0 Å². The van der Waals surface area contributed by atoms with Crippen molar-refractivity contribution in [2.75, 3.05) is 18.4 Å². The maximum absolute atomic E-state index is 13.2. The van der Waals surface area contributed by atoms with Crippen LogP contribution in [0.1, 0.15) is 30.7 Å². The lowest BCUT2D eigenvalue weighted by Crippen LogP contribution is -2.28. The van der Waals surface area contributed by atoms with E-state index >= 15 is 0 Å². The minimum Gasteiger partial charge on any atom is -0.385 e. The van der Waals surface area contributed by atoms with Crippen LogP contribution >= 0.6 is 0 Å². The molecule has 1 aliphatic carbocycles. The van der Waals surface area contributed by atoms with Crippen LogP contribution in [0.5, 0.6) is 0 Å². The topological polar surface area (TPSA) is 24.1 Å². The van der Waals surface area contributed by atoms with Gasteiger partial charge in [-0.2, -0.15) is 0 Å². The van der Waals surface area contributed by atoms with E-state index in [2.05, 4.69) is 10.6 Å². The van der Waals surface area contributed by atoms with Gasteiger partial charge in [0, 0.05) is 30.7 Å². The Morgan fingerprint density at radius 3 is 3.00 bits per heavy atom. The largest absolute Gasteiger partial charge is 0.385 e. The second kappa shape index (κ2) is 4.06. The second-order valence-electron chi connectivity index (χ2n) is 4.83. The van der Waals surface area contributed by atoms with Gasteiger partial charge < -0.3 is 10.6 Å². The highest BCUT2D eigenvalue weighted by Crippen LogP contribution is 2.32. The molecule has 16 heavy (non-hydrogen) atoms. The molecule has 0 saturated heterocycles. The van der Waals surface area contributed by atoms with Gasteiger partial charge in [0.2, 0.25) is 0 Å². The van der Waals surface area contributed by atoms with Gasteiger partial charge in [-0.25, -0.2) is 4.39 Å². The van der Waals surface area contributed by atoms with Crippen LogP contribution in [0, 0.1) is 5.82 Å². The van der Waals surface area contributed by atoms with E-state index in [1.54, 1.807) is 6.07 Å². The summed E-state index contributed by atoms with van der Waals surface area (Å²) in [5, 5.41) is 6.87. The standard InChI is InChI=1S/C13H17FN2/c14-10-1-4-13-12(7-10)9(5-6-15-13)8-16-11-2-3-11/h1,4,7,9,11,15-16H,2-3,5-6,8H2. The maximum Gasteiger partial charge on any atom is 0.123 e. The highest BCUT2D eigenvalue weighted by molar-refractivity contribution is 5.55. The van der Waals surface area contributed by atoms with Crippen LogP contribution in [0.3, 0.4) is 0 Å². The Hall–Kier alpha value is -1.09. The minimum atomic E-state index is -0.126. The summed E-state index contributed by atoms with van der Waals surface area (Å²) in [4.78, 5) is 0. The van der Waals surface area contributed by atoms with Crippen molar-refractivity contribution in [3.05, 3.63) is 29.6 Å². The number of rotatable bonds is 3. The number of hydrogen-bond acceptors (Lipinski definition) is 2. The number of benzene rings is 1. The first kappa shape index (κ1) is 10.1. The van der Waals surface area contributed by atoms with E-state index in [4.69, 9.17) is 0 Å². The number of fused-ring (bicyclic) bond motifs is 1. The van der Waals surface area contributed by atoms with Crippen LogP contribution in [0.25, 0.3) is 0 Å². The molecule has 1 heterocycles. The molecule has 1 aromatic rings. The Morgan fingerprint density at radius 1 is 1.31 bits per heavy atom. The Morgan fingerprint density at radius 2 is 2.19 bits per heavy atom. The quantitative estimate of drug-likeness (QED) is 0.817. The van der Waals surface area contributed by atoms with Gasteiger partial charge >= 0.3 is 0 Å². The molecule has 0 bridgehead atoms. The lowest BCUT2D eigenvalue weighted by Gasteiger charge is -2.27. The van der Waals surface area contributed by atoms with Crippen LogP contribution in [0.2, 0.25) is 0 Å². The Labute approximate surface area is 95.2 Å². The normalized spacial score (nSPS) is 23.7. The van der Waals surface area contributed by atoms with Gasteiger partial charge in [-0.1, -0.05) is 0 Å². The summed E-state index contributed by atoms with van der Waals surface area (Å²) in [7, 11) is 0. The third-order valence-corrected chi connectivity index (χ3v) is 3.49. The summed E-state index contributed by atoms with van der Waals surface area (Å²) >= 11 is 0. The van der Waals surface area contributed by atoms with Crippen molar-refractivity contribution in [3.63, 3.8) is 0 Å². The van der Waals surface area contributed by atoms with Gasteiger partial charge in [0.05, 0.1) is 0 Å². The molecule has 1 atom stereocenters. The van der Waals surface area contributed by atoms with Crippen LogP contribution in [0.4, 0.5) is 10.1 Å². The van der Waals surface area contributed by atoms with E-state index in [9.17, 15) is 4.39 Å². The first-order valence-corrected chi connectivity index (χ1v) is 6.09. The molecule has 1 aliphatic heterocycles. The summed E-state index contributed by atoms with van der Waals surface area (Å²) in [5.74, 6) is 0.339. The molecule has 1 aromatic carbocycles. The van der Waals surface area contributed by atoms with Gasteiger partial charge in [0.15, 0.2) is 0 Å². The van der Waals surface area contributed by atoms with Crippen molar-refractivity contribution in [2.45, 2.75) is 31.2 Å². The Balaban J connectivity index is 1.77. The fraction of sp³-hybridized carbons (Fsp3) is 0.538. The summed E-state index contributed by atoms with van der Waals surface area (Å²) in [6, 6.07) is 5.80. The SMILES string of the molecule is Fc1ccc2c(c1)C(CNC1CC1)CCN2. The van der Waals surface area contributed by atoms with Crippen molar-refractivity contribution in [3.8, 4) is 0 Å². The zero-order valence-corrected chi connectivity index (χ0v) is 9.30. The van der Waals surface area contributed by atoms with Crippen LogP contribution in [-0.2, 0) is 0 Å². The molecular formula is C13H17FN2. The zero-order valence-electron chi connectivity index (χ0n) is 9.30. The first-order valence-electron chi connectivity index (χ1n) is 6.09. The van der Waals surface area contributed by atoms with Crippen LogP contribution in [-0.4, -0.2) is 19.1 Å². The fourth-order valence-electron chi connectivity index (χ4n) is 2.38. The first-order chi connectivity index (χ1) is 7.83. The summed E-state index contributed by atoms with van der Waals surface area (Å²) in [6.07, 6.45) is 3.71. The Kier molecular flexibility index (Phi) is 2.56. The molecule has 3 heteroatoms. The smallest absolute Gasteiger partial charge is 0.123 e. The third-order valence-electron chi connectivity index (χ3n) is 3.49. The van der Waals surface area contributed by atoms with E-state index in [1.807, 2.05) is 6.07 Å². The van der Waals surface area contributed by atoms with Crippen molar-refractivity contribution >= 4 is 5.69 Å². The highest BCUT2D eigenvalue weighted by atomic mass is 19.1. The average molecular weight is 220 g/mol.